The number of nitrogens with zero attached hydrogens (tertiary/aromatic N) is 1. The molecule has 0 saturated carbocycles. The summed E-state index contributed by atoms with van der Waals surface area (Å²) >= 11 is 0. The van der Waals surface area contributed by atoms with Crippen molar-refractivity contribution in [2.45, 2.75) is 0 Å². The Kier molecular flexibility index (Phi) is 2.96. The van der Waals surface area contributed by atoms with E-state index in [1.807, 2.05) is 7.05 Å². The monoisotopic (exact) mass is 159 g/mol. The molecule has 0 radical (unpaired) electrons. The number of pyridine rings is 1. The van der Waals surface area contributed by atoms with E-state index in [1.54, 1.807) is 22.9 Å². The van der Waals surface area contributed by atoms with Crippen molar-refractivity contribution >= 4 is 11.5 Å². The van der Waals surface area contributed by atoms with Gasteiger partial charge in [-0.2, -0.15) is 0 Å². The van der Waals surface area contributed by atoms with Crippen LogP contribution in [-0.2, 0) is 7.05 Å². The highest BCUT2D eigenvalue weighted by Gasteiger charge is 1.95. The number of hydrogen-bond donors (Lipinski definition) is 2. The molecule has 0 saturated heterocycles. The van der Waals surface area contributed by atoms with Crippen LogP contribution in [0.2, 0.25) is 0 Å². The van der Waals surface area contributed by atoms with E-state index in [0.29, 0.717) is 5.82 Å². The van der Waals surface area contributed by atoms with Crippen LogP contribution in [0.5, 0.6) is 0 Å². The van der Waals surface area contributed by atoms with Crippen molar-refractivity contribution in [2.75, 3.05) is 11.5 Å². The van der Waals surface area contributed by atoms with Gasteiger partial charge in [0.25, 0.3) is 5.82 Å². The van der Waals surface area contributed by atoms with E-state index in [2.05, 4.69) is 0 Å². The van der Waals surface area contributed by atoms with Gasteiger partial charge in [-0.1, -0.05) is 0 Å². The lowest BCUT2D eigenvalue weighted by atomic mass is 10.4. The van der Waals surface area contributed by atoms with E-state index >= 15 is 0 Å². The van der Waals surface area contributed by atoms with E-state index < -0.39 is 0 Å². The zero-order valence-corrected chi connectivity index (χ0v) is 6.47. The first-order valence-corrected chi connectivity index (χ1v) is 2.71. The summed E-state index contributed by atoms with van der Waals surface area (Å²) in [5, 5.41) is 0. The summed E-state index contributed by atoms with van der Waals surface area (Å²) in [6.45, 7) is 0. The van der Waals surface area contributed by atoms with Crippen LogP contribution in [-0.4, -0.2) is 0 Å². The standard InChI is InChI=1S/C6H9N3.ClH/c1-9-4-5(7)2-3-6(9)8;/h2-4,8H,7H2,1H3;1H. The molecular weight excluding hydrogens is 150 g/mol. The molecule has 1 aromatic rings. The Morgan fingerprint density at radius 3 is 2.30 bits per heavy atom. The molecule has 0 unspecified atom stereocenters. The van der Waals surface area contributed by atoms with Gasteiger partial charge < -0.3 is 18.1 Å². The Morgan fingerprint density at radius 2 is 1.90 bits per heavy atom. The van der Waals surface area contributed by atoms with Crippen LogP contribution >= 0.6 is 0 Å². The van der Waals surface area contributed by atoms with Crippen LogP contribution in [0.3, 0.4) is 0 Å². The first kappa shape index (κ1) is 9.04. The van der Waals surface area contributed by atoms with Crippen LogP contribution < -0.4 is 28.4 Å². The van der Waals surface area contributed by atoms with E-state index in [0.717, 1.165) is 5.69 Å². The van der Waals surface area contributed by atoms with Gasteiger partial charge in [-0.05, 0) is 6.07 Å². The van der Waals surface area contributed by atoms with Crippen LogP contribution in [0.1, 0.15) is 0 Å². The molecule has 10 heavy (non-hydrogen) atoms. The average Bonchev–Trinajstić information content (AvgIpc) is 1.80. The number of nitrogens with two attached hydrogens (primary N) is 2. The molecule has 0 aliphatic carbocycles. The second kappa shape index (κ2) is 3.27. The number of hydrogen-bond acceptors (Lipinski definition) is 2. The molecule has 1 aromatic heterocycles. The second-order valence-corrected chi connectivity index (χ2v) is 2.00. The van der Waals surface area contributed by atoms with Crippen molar-refractivity contribution in [1.29, 1.82) is 0 Å². The number of aryl methyl sites for hydroxylation is 1. The molecule has 1 rings (SSSR count). The summed E-state index contributed by atoms with van der Waals surface area (Å²) in [6, 6.07) is 3.55. The molecule has 0 bridgehead atoms. The minimum atomic E-state index is 0. The van der Waals surface area contributed by atoms with Gasteiger partial charge in [0.15, 0.2) is 0 Å². The molecule has 56 valence electrons. The van der Waals surface area contributed by atoms with Gasteiger partial charge in [-0.3, -0.25) is 5.73 Å². The van der Waals surface area contributed by atoms with Crippen LogP contribution in [0.25, 0.3) is 0 Å². The average molecular weight is 160 g/mol. The van der Waals surface area contributed by atoms with Gasteiger partial charge in [-0.25, -0.2) is 4.57 Å². The third-order valence-electron chi connectivity index (χ3n) is 1.20. The zero-order chi connectivity index (χ0) is 6.85. The summed E-state index contributed by atoms with van der Waals surface area (Å²) in [4.78, 5) is 0. The molecule has 0 amide bonds. The largest absolute Gasteiger partial charge is 1.00 e. The Morgan fingerprint density at radius 1 is 1.30 bits per heavy atom. The van der Waals surface area contributed by atoms with Crippen molar-refractivity contribution in [1.82, 2.24) is 0 Å². The highest BCUT2D eigenvalue weighted by molar-refractivity contribution is 5.36. The number of nitrogen functional groups attached to an aromatic ring is 2. The van der Waals surface area contributed by atoms with Crippen molar-refractivity contribution < 1.29 is 17.0 Å². The maximum atomic E-state index is 5.50. The second-order valence-electron chi connectivity index (χ2n) is 2.00. The first-order valence-electron chi connectivity index (χ1n) is 2.71. The number of anilines is 2. The summed E-state index contributed by atoms with van der Waals surface area (Å²) in [7, 11) is 1.85. The van der Waals surface area contributed by atoms with Crippen LogP contribution in [0, 0.1) is 0 Å². The predicted octanol–water partition coefficient (Wildman–Crippen LogP) is -3.32. The van der Waals surface area contributed by atoms with E-state index in [1.165, 1.54) is 0 Å². The Labute approximate surface area is 66.1 Å². The normalized spacial score (nSPS) is 8.50. The third-order valence-corrected chi connectivity index (χ3v) is 1.20. The van der Waals surface area contributed by atoms with Gasteiger partial charge in [-0.15, -0.1) is 0 Å². The number of aromatic nitrogens is 1. The minimum absolute atomic E-state index is 0. The molecule has 4 N–H and O–H groups in total. The predicted molar refractivity (Wildman–Crippen MR) is 36.4 cm³/mol. The Hall–Kier alpha value is -0.960. The quantitative estimate of drug-likeness (QED) is 0.390. The lowest BCUT2D eigenvalue weighted by Crippen LogP contribution is -3.00. The maximum absolute atomic E-state index is 5.50. The van der Waals surface area contributed by atoms with Crippen LogP contribution in [0.15, 0.2) is 18.3 Å². The van der Waals surface area contributed by atoms with E-state index in [4.69, 9.17) is 11.5 Å². The van der Waals surface area contributed by atoms with E-state index in [-0.39, 0.29) is 12.4 Å². The fourth-order valence-corrected chi connectivity index (χ4v) is 0.640. The molecule has 0 aliphatic rings. The minimum Gasteiger partial charge on any atom is -1.00 e. The molecular formula is C6H10ClN3. The molecule has 0 atom stereocenters. The van der Waals surface area contributed by atoms with Gasteiger partial charge in [0.05, 0.1) is 12.7 Å². The molecule has 3 nitrogen and oxygen atoms in total. The summed E-state index contributed by atoms with van der Waals surface area (Å²) < 4.78 is 1.77. The smallest absolute Gasteiger partial charge is 0.272 e. The van der Waals surface area contributed by atoms with E-state index in [9.17, 15) is 0 Å². The SMILES string of the molecule is C[n+]1cc(N)ccc1N.[Cl-]. The number of halogens is 1. The van der Waals surface area contributed by atoms with Gasteiger partial charge in [0.1, 0.15) is 6.20 Å². The van der Waals surface area contributed by atoms with Crippen molar-refractivity contribution in [3.05, 3.63) is 18.3 Å². The Bertz CT molecular complexity index is 224. The zero-order valence-electron chi connectivity index (χ0n) is 5.71. The molecule has 0 aliphatic heterocycles. The van der Waals surface area contributed by atoms with Crippen molar-refractivity contribution in [3.63, 3.8) is 0 Å². The molecule has 4 heteroatoms. The topological polar surface area (TPSA) is 55.9 Å². The van der Waals surface area contributed by atoms with Crippen molar-refractivity contribution in [3.8, 4) is 0 Å². The molecule has 1 heterocycles. The number of rotatable bonds is 0. The van der Waals surface area contributed by atoms with Gasteiger partial charge in [0.2, 0.25) is 0 Å². The summed E-state index contributed by atoms with van der Waals surface area (Å²) in [5.74, 6) is 0.712. The molecule has 0 spiro atoms. The lowest BCUT2D eigenvalue weighted by molar-refractivity contribution is -0.656. The summed E-state index contributed by atoms with van der Waals surface area (Å²) in [6.07, 6.45) is 1.77. The lowest BCUT2D eigenvalue weighted by Gasteiger charge is -1.94. The highest BCUT2D eigenvalue weighted by Crippen LogP contribution is 1.97. The van der Waals surface area contributed by atoms with Gasteiger partial charge in [0, 0.05) is 6.07 Å². The maximum Gasteiger partial charge on any atom is 0.272 e. The summed E-state index contributed by atoms with van der Waals surface area (Å²) in [5.41, 5.74) is 11.7. The van der Waals surface area contributed by atoms with Gasteiger partial charge >= 0.3 is 0 Å². The third kappa shape index (κ3) is 1.77. The Balaban J connectivity index is 0.000000810. The molecule has 0 aromatic carbocycles. The fourth-order valence-electron chi connectivity index (χ4n) is 0.640. The van der Waals surface area contributed by atoms with Crippen LogP contribution in [0.4, 0.5) is 11.5 Å². The highest BCUT2D eigenvalue weighted by atomic mass is 35.5. The molecule has 0 fully saturated rings. The fraction of sp³-hybridized carbons (Fsp3) is 0.167. The van der Waals surface area contributed by atoms with Crippen molar-refractivity contribution in [2.24, 2.45) is 7.05 Å². The first-order chi connectivity index (χ1) is 4.20.